The second-order valence-corrected chi connectivity index (χ2v) is 6.53. The lowest BCUT2D eigenvalue weighted by Gasteiger charge is -2.19. The van der Waals surface area contributed by atoms with Gasteiger partial charge in [0.25, 0.3) is 0 Å². The first-order valence-electron chi connectivity index (χ1n) is 9.00. The second kappa shape index (κ2) is 9.42. The summed E-state index contributed by atoms with van der Waals surface area (Å²) in [5.41, 5.74) is 1.04. The number of ether oxygens (including phenoxy) is 1. The molecular weight excluding hydrogens is 320 g/mol. The molecular formula is C19H28N2O4. The minimum Gasteiger partial charge on any atom is -0.494 e. The molecule has 0 spiro atoms. The van der Waals surface area contributed by atoms with Crippen molar-refractivity contribution in [1.29, 1.82) is 0 Å². The Hall–Kier alpha value is -2.08. The molecule has 2 unspecified atom stereocenters. The molecule has 2 rings (SSSR count). The van der Waals surface area contributed by atoms with Crippen LogP contribution in [-0.2, 0) is 16.1 Å². The van der Waals surface area contributed by atoms with Crippen LogP contribution in [0.1, 0.15) is 38.7 Å². The van der Waals surface area contributed by atoms with E-state index in [9.17, 15) is 14.8 Å². The lowest BCUT2D eigenvalue weighted by atomic mass is 9.90. The quantitative estimate of drug-likeness (QED) is 0.401. The van der Waals surface area contributed by atoms with Crippen molar-refractivity contribution in [3.8, 4) is 5.75 Å². The summed E-state index contributed by atoms with van der Waals surface area (Å²) in [7, 11) is 0. The van der Waals surface area contributed by atoms with Gasteiger partial charge in [0.2, 0.25) is 12.3 Å². The largest absolute Gasteiger partial charge is 0.494 e. The fraction of sp³-hybridized carbons (Fsp3) is 0.579. The van der Waals surface area contributed by atoms with E-state index >= 15 is 0 Å². The Labute approximate surface area is 149 Å². The molecule has 1 fully saturated rings. The van der Waals surface area contributed by atoms with Gasteiger partial charge in [-0.1, -0.05) is 31.9 Å². The third kappa shape index (κ3) is 5.19. The number of hydrogen-bond acceptors (Lipinski definition) is 4. The lowest BCUT2D eigenvalue weighted by Crippen LogP contribution is -2.33. The van der Waals surface area contributed by atoms with E-state index in [0.29, 0.717) is 31.2 Å². The van der Waals surface area contributed by atoms with Crippen LogP contribution in [-0.4, -0.2) is 47.2 Å². The number of hydroxylamine groups is 2. The van der Waals surface area contributed by atoms with Crippen LogP contribution in [0, 0.1) is 11.8 Å². The van der Waals surface area contributed by atoms with Crippen LogP contribution in [0.5, 0.6) is 5.75 Å². The van der Waals surface area contributed by atoms with E-state index in [1.165, 1.54) is 0 Å². The Kier molecular flexibility index (Phi) is 7.25. The van der Waals surface area contributed by atoms with Gasteiger partial charge in [-0.2, -0.15) is 0 Å². The minimum absolute atomic E-state index is 0.0101. The van der Waals surface area contributed by atoms with Crippen LogP contribution in [0.4, 0.5) is 0 Å². The molecule has 6 nitrogen and oxygen atoms in total. The summed E-state index contributed by atoms with van der Waals surface area (Å²) >= 11 is 0. The predicted molar refractivity (Wildman–Crippen MR) is 94.1 cm³/mol. The maximum atomic E-state index is 12.8. The summed E-state index contributed by atoms with van der Waals surface area (Å²) < 4.78 is 5.44. The van der Waals surface area contributed by atoms with Crippen LogP contribution >= 0.6 is 0 Å². The molecule has 138 valence electrons. The Morgan fingerprint density at radius 1 is 1.32 bits per heavy atom. The van der Waals surface area contributed by atoms with E-state index in [-0.39, 0.29) is 24.3 Å². The first-order chi connectivity index (χ1) is 12.1. The van der Waals surface area contributed by atoms with Crippen molar-refractivity contribution in [2.24, 2.45) is 11.8 Å². The van der Waals surface area contributed by atoms with Gasteiger partial charge in [-0.05, 0) is 37.0 Å². The monoisotopic (exact) mass is 348 g/mol. The molecule has 0 saturated carbocycles. The van der Waals surface area contributed by atoms with Crippen molar-refractivity contribution in [3.63, 3.8) is 0 Å². The Balaban J connectivity index is 2.04. The van der Waals surface area contributed by atoms with Crippen molar-refractivity contribution in [1.82, 2.24) is 9.96 Å². The molecule has 1 aliphatic heterocycles. The highest BCUT2D eigenvalue weighted by Gasteiger charge is 2.40. The van der Waals surface area contributed by atoms with E-state index in [2.05, 4.69) is 6.92 Å². The van der Waals surface area contributed by atoms with Crippen LogP contribution in [0.15, 0.2) is 24.3 Å². The normalized spacial score (nSPS) is 20.0. The summed E-state index contributed by atoms with van der Waals surface area (Å²) in [4.78, 5) is 25.3. The van der Waals surface area contributed by atoms with E-state index in [1.807, 2.05) is 36.1 Å². The smallest absolute Gasteiger partial charge is 0.233 e. The van der Waals surface area contributed by atoms with Crippen LogP contribution in [0.25, 0.3) is 0 Å². The van der Waals surface area contributed by atoms with Crippen LogP contribution in [0.2, 0.25) is 0 Å². The fourth-order valence-electron chi connectivity index (χ4n) is 3.39. The maximum Gasteiger partial charge on any atom is 0.233 e. The van der Waals surface area contributed by atoms with Gasteiger partial charge in [0, 0.05) is 13.1 Å². The first-order valence-corrected chi connectivity index (χ1v) is 9.00. The number of nitrogens with zero attached hydrogens (tertiary/aromatic N) is 2. The number of rotatable bonds is 10. The van der Waals surface area contributed by atoms with Gasteiger partial charge < -0.3 is 9.64 Å². The van der Waals surface area contributed by atoms with Gasteiger partial charge in [0.1, 0.15) is 5.75 Å². The van der Waals surface area contributed by atoms with Crippen molar-refractivity contribution in [3.05, 3.63) is 29.8 Å². The molecule has 2 amide bonds. The average molecular weight is 348 g/mol. The number of likely N-dealkylation sites (tertiary alicyclic amines) is 1. The van der Waals surface area contributed by atoms with E-state index in [0.717, 1.165) is 30.6 Å². The molecule has 0 bridgehead atoms. The summed E-state index contributed by atoms with van der Waals surface area (Å²) in [6.07, 6.45) is 3.39. The van der Waals surface area contributed by atoms with Crippen molar-refractivity contribution in [2.75, 3.05) is 19.7 Å². The molecule has 1 aliphatic rings. The van der Waals surface area contributed by atoms with Crippen LogP contribution < -0.4 is 4.74 Å². The number of carbonyl (C=O) groups excluding carboxylic acids is 2. The van der Waals surface area contributed by atoms with Crippen molar-refractivity contribution < 1.29 is 19.5 Å². The third-order valence-corrected chi connectivity index (χ3v) is 4.69. The van der Waals surface area contributed by atoms with Gasteiger partial charge in [-0.25, -0.2) is 5.06 Å². The maximum absolute atomic E-state index is 12.8. The highest BCUT2D eigenvalue weighted by molar-refractivity contribution is 5.81. The molecule has 1 saturated heterocycles. The zero-order valence-corrected chi connectivity index (χ0v) is 15.1. The summed E-state index contributed by atoms with van der Waals surface area (Å²) in [5, 5.41) is 10.1. The van der Waals surface area contributed by atoms with Gasteiger partial charge in [0.15, 0.2) is 0 Å². The molecule has 6 heteroatoms. The van der Waals surface area contributed by atoms with Crippen LogP contribution in [0.3, 0.4) is 0 Å². The highest BCUT2D eigenvalue weighted by Crippen LogP contribution is 2.31. The molecule has 1 aromatic rings. The molecule has 0 radical (unpaired) electrons. The summed E-state index contributed by atoms with van der Waals surface area (Å²) in [5.74, 6) is 0.671. The fourth-order valence-corrected chi connectivity index (χ4v) is 3.39. The van der Waals surface area contributed by atoms with Crippen molar-refractivity contribution >= 4 is 12.3 Å². The standard InChI is InChI=1S/C19H28N2O4/c1-3-5-6-16-12-20(19(23)18(16)13-21(24)14-22)11-15-7-9-17(10-8-15)25-4-2/h7-10,14,16,18,24H,3-6,11-13H2,1-2H3. The summed E-state index contributed by atoms with van der Waals surface area (Å²) in [6, 6.07) is 7.76. The average Bonchev–Trinajstić information content (AvgIpc) is 2.90. The third-order valence-electron chi connectivity index (χ3n) is 4.69. The molecule has 25 heavy (non-hydrogen) atoms. The van der Waals surface area contributed by atoms with E-state index in [1.54, 1.807) is 0 Å². The molecule has 1 heterocycles. The molecule has 0 aromatic heterocycles. The zero-order chi connectivity index (χ0) is 18.2. The second-order valence-electron chi connectivity index (χ2n) is 6.53. The number of carbonyl (C=O) groups is 2. The van der Waals surface area contributed by atoms with Gasteiger partial charge >= 0.3 is 0 Å². The van der Waals surface area contributed by atoms with Gasteiger partial charge in [0.05, 0.1) is 19.1 Å². The summed E-state index contributed by atoms with van der Waals surface area (Å²) in [6.45, 7) is 5.96. The minimum atomic E-state index is -0.329. The predicted octanol–water partition coefficient (Wildman–Crippen LogP) is 2.70. The Morgan fingerprint density at radius 2 is 2.04 bits per heavy atom. The number of amides is 2. The number of hydrogen-bond donors (Lipinski definition) is 1. The Bertz CT molecular complexity index is 561. The van der Waals surface area contributed by atoms with Gasteiger partial charge in [-0.15, -0.1) is 0 Å². The molecule has 1 N–H and O–H groups in total. The van der Waals surface area contributed by atoms with Gasteiger partial charge in [-0.3, -0.25) is 14.8 Å². The highest BCUT2D eigenvalue weighted by atomic mass is 16.5. The van der Waals surface area contributed by atoms with E-state index in [4.69, 9.17) is 4.74 Å². The van der Waals surface area contributed by atoms with E-state index < -0.39 is 0 Å². The SMILES string of the molecule is CCCCC1CN(Cc2ccc(OCC)cc2)C(=O)C1CN(O)C=O. The lowest BCUT2D eigenvalue weighted by molar-refractivity contribution is -0.155. The molecule has 0 aliphatic carbocycles. The molecule has 1 aromatic carbocycles. The topological polar surface area (TPSA) is 70.1 Å². The Morgan fingerprint density at radius 3 is 2.64 bits per heavy atom. The van der Waals surface area contributed by atoms with Crippen molar-refractivity contribution in [2.45, 2.75) is 39.7 Å². The first kappa shape index (κ1) is 19.2. The molecule has 2 atom stereocenters. The zero-order valence-electron chi connectivity index (χ0n) is 15.1. The number of benzene rings is 1. The number of unbranched alkanes of at least 4 members (excludes halogenated alkanes) is 1.